The van der Waals surface area contributed by atoms with Gasteiger partial charge in [-0.1, -0.05) is 0 Å². The maximum absolute atomic E-state index is 10.4. The number of hydrogen-bond acceptors (Lipinski definition) is 3. The van der Waals surface area contributed by atoms with Crippen molar-refractivity contribution in [3.8, 4) is 0 Å². The molecule has 1 rings (SSSR count). The van der Waals surface area contributed by atoms with Crippen LogP contribution in [-0.4, -0.2) is 28.5 Å². The van der Waals surface area contributed by atoms with Crippen LogP contribution in [0.15, 0.2) is 12.2 Å². The first kappa shape index (κ1) is 5.97. The Hall–Kier alpha value is -1.16. The molecule has 0 radical (unpaired) electrons. The van der Waals surface area contributed by atoms with Gasteiger partial charge in [-0.3, -0.25) is 14.8 Å². The molecule has 1 N–H and O–H groups in total. The number of carbonyl (C=O) groups excluding carboxylic acids is 2. The van der Waals surface area contributed by atoms with Crippen molar-refractivity contribution in [2.45, 2.75) is 0 Å². The molecule has 1 aliphatic heterocycles. The Bertz CT molecular complexity index is 185. The summed E-state index contributed by atoms with van der Waals surface area (Å²) in [4.78, 5) is 20.8. The van der Waals surface area contributed by atoms with E-state index in [0.29, 0.717) is 5.06 Å². The molecule has 48 valence electrons. The summed E-state index contributed by atoms with van der Waals surface area (Å²) in [5.41, 5.74) is 0. The van der Waals surface area contributed by atoms with Crippen LogP contribution in [0.4, 0.5) is 0 Å². The van der Waals surface area contributed by atoms with Crippen molar-refractivity contribution in [3.63, 3.8) is 0 Å². The Morgan fingerprint density at radius 2 is 2.11 bits per heavy atom. The summed E-state index contributed by atoms with van der Waals surface area (Å²) in [6.45, 7) is -0.227. The fourth-order valence-corrected chi connectivity index (χ4v) is 0.529. The predicted molar refractivity (Wildman–Crippen MR) is 27.6 cm³/mol. The SMILES string of the molecule is O=C1C=CC(=O)N(O)C1. The largest absolute Gasteiger partial charge is 0.293 e. The number of rotatable bonds is 0. The molecule has 1 heterocycles. The van der Waals surface area contributed by atoms with Crippen molar-refractivity contribution < 1.29 is 14.8 Å². The van der Waals surface area contributed by atoms with Crippen molar-refractivity contribution in [1.82, 2.24) is 5.06 Å². The molecule has 0 aromatic carbocycles. The van der Waals surface area contributed by atoms with Gasteiger partial charge in [-0.15, -0.1) is 0 Å². The van der Waals surface area contributed by atoms with Gasteiger partial charge in [0.05, 0.1) is 0 Å². The highest BCUT2D eigenvalue weighted by atomic mass is 16.5. The first-order valence-corrected chi connectivity index (χ1v) is 2.41. The summed E-state index contributed by atoms with van der Waals surface area (Å²) in [5.74, 6) is -0.813. The summed E-state index contributed by atoms with van der Waals surface area (Å²) >= 11 is 0. The van der Waals surface area contributed by atoms with Crippen molar-refractivity contribution in [2.75, 3.05) is 6.54 Å². The van der Waals surface area contributed by atoms with Gasteiger partial charge < -0.3 is 0 Å². The molecule has 9 heavy (non-hydrogen) atoms. The zero-order valence-corrected chi connectivity index (χ0v) is 4.57. The lowest BCUT2D eigenvalue weighted by atomic mass is 10.3. The highest BCUT2D eigenvalue weighted by Gasteiger charge is 2.15. The summed E-state index contributed by atoms with van der Waals surface area (Å²) in [6.07, 6.45) is 2.18. The molecule has 1 amide bonds. The number of hydroxylamine groups is 2. The molecule has 0 atom stereocenters. The second-order valence-corrected chi connectivity index (χ2v) is 1.70. The van der Waals surface area contributed by atoms with E-state index in [2.05, 4.69) is 0 Å². The third-order valence-corrected chi connectivity index (χ3v) is 0.972. The van der Waals surface area contributed by atoms with E-state index in [1.807, 2.05) is 0 Å². The molecule has 0 aliphatic carbocycles. The molecule has 0 fully saturated rings. The third kappa shape index (κ3) is 1.14. The second kappa shape index (κ2) is 1.99. The number of carbonyl (C=O) groups is 2. The third-order valence-electron chi connectivity index (χ3n) is 0.972. The van der Waals surface area contributed by atoms with E-state index in [-0.39, 0.29) is 12.3 Å². The Labute approximate surface area is 51.3 Å². The van der Waals surface area contributed by atoms with Crippen LogP contribution in [0.5, 0.6) is 0 Å². The minimum absolute atomic E-state index is 0.227. The van der Waals surface area contributed by atoms with Gasteiger partial charge in [0.15, 0.2) is 5.78 Å². The number of ketones is 1. The topological polar surface area (TPSA) is 57.6 Å². The lowest BCUT2D eigenvalue weighted by Crippen LogP contribution is -2.33. The molecule has 1 aliphatic rings. The molecular weight excluding hydrogens is 122 g/mol. The van der Waals surface area contributed by atoms with Crippen LogP contribution >= 0.6 is 0 Å². The van der Waals surface area contributed by atoms with E-state index in [4.69, 9.17) is 5.21 Å². The van der Waals surface area contributed by atoms with Crippen LogP contribution in [0, 0.1) is 0 Å². The smallest absolute Gasteiger partial charge is 0.270 e. The number of nitrogens with zero attached hydrogens (tertiary/aromatic N) is 1. The molecule has 0 saturated heterocycles. The van der Waals surface area contributed by atoms with E-state index >= 15 is 0 Å². The molecular formula is C5H5NO3. The molecule has 0 aromatic heterocycles. The zero-order valence-electron chi connectivity index (χ0n) is 4.57. The van der Waals surface area contributed by atoms with Gasteiger partial charge in [0.25, 0.3) is 5.91 Å². The molecule has 0 unspecified atom stereocenters. The van der Waals surface area contributed by atoms with Gasteiger partial charge in [-0.25, -0.2) is 5.06 Å². The van der Waals surface area contributed by atoms with Crippen molar-refractivity contribution in [3.05, 3.63) is 12.2 Å². The molecule has 0 saturated carbocycles. The van der Waals surface area contributed by atoms with Crippen LogP contribution in [0.2, 0.25) is 0 Å². The summed E-state index contributed by atoms with van der Waals surface area (Å²) in [5, 5.41) is 8.94. The minimum atomic E-state index is -0.547. The van der Waals surface area contributed by atoms with Crippen LogP contribution in [0.3, 0.4) is 0 Å². The van der Waals surface area contributed by atoms with Gasteiger partial charge in [-0.2, -0.15) is 0 Å². The maximum atomic E-state index is 10.4. The maximum Gasteiger partial charge on any atom is 0.270 e. The predicted octanol–water partition coefficient (Wildman–Crippen LogP) is -0.657. The van der Waals surface area contributed by atoms with Crippen LogP contribution in [-0.2, 0) is 9.59 Å². The molecule has 0 spiro atoms. The van der Waals surface area contributed by atoms with Gasteiger partial charge >= 0.3 is 0 Å². The Kier molecular flexibility index (Phi) is 1.32. The normalized spacial score (nSPS) is 19.0. The van der Waals surface area contributed by atoms with Gasteiger partial charge in [-0.05, 0) is 6.08 Å². The highest BCUT2D eigenvalue weighted by Crippen LogP contribution is 1.94. The average Bonchev–Trinajstić information content (AvgIpc) is 1.80. The Morgan fingerprint density at radius 3 is 2.56 bits per heavy atom. The van der Waals surface area contributed by atoms with Crippen LogP contribution < -0.4 is 0 Å². The van der Waals surface area contributed by atoms with Crippen molar-refractivity contribution in [1.29, 1.82) is 0 Å². The van der Waals surface area contributed by atoms with Crippen molar-refractivity contribution >= 4 is 11.7 Å². The Balaban J connectivity index is 2.76. The summed E-state index contributed by atoms with van der Waals surface area (Å²) in [7, 11) is 0. The average molecular weight is 127 g/mol. The van der Waals surface area contributed by atoms with Gasteiger partial charge in [0, 0.05) is 6.08 Å². The van der Waals surface area contributed by atoms with E-state index in [1.165, 1.54) is 0 Å². The zero-order chi connectivity index (χ0) is 6.85. The lowest BCUT2D eigenvalue weighted by molar-refractivity contribution is -0.163. The summed E-state index contributed by atoms with van der Waals surface area (Å²) in [6, 6.07) is 0. The summed E-state index contributed by atoms with van der Waals surface area (Å²) < 4.78 is 0. The molecule has 0 aromatic rings. The molecule has 0 bridgehead atoms. The minimum Gasteiger partial charge on any atom is -0.293 e. The van der Waals surface area contributed by atoms with E-state index < -0.39 is 5.91 Å². The van der Waals surface area contributed by atoms with E-state index in [9.17, 15) is 9.59 Å². The quantitative estimate of drug-likeness (QED) is 0.439. The van der Waals surface area contributed by atoms with Gasteiger partial charge in [0.2, 0.25) is 0 Å². The first-order valence-electron chi connectivity index (χ1n) is 2.41. The van der Waals surface area contributed by atoms with Crippen LogP contribution in [0.1, 0.15) is 0 Å². The highest BCUT2D eigenvalue weighted by molar-refractivity contribution is 6.03. The molecule has 4 nitrogen and oxygen atoms in total. The number of amides is 1. The van der Waals surface area contributed by atoms with Gasteiger partial charge in [0.1, 0.15) is 6.54 Å². The first-order chi connectivity index (χ1) is 4.20. The number of hydrogen-bond donors (Lipinski definition) is 1. The monoisotopic (exact) mass is 127 g/mol. The van der Waals surface area contributed by atoms with Crippen LogP contribution in [0.25, 0.3) is 0 Å². The standard InChI is InChI=1S/C5H5NO3/c7-4-1-2-5(8)6(9)3-4/h1-2,9H,3H2. The fourth-order valence-electron chi connectivity index (χ4n) is 0.529. The van der Waals surface area contributed by atoms with E-state index in [0.717, 1.165) is 12.2 Å². The Morgan fingerprint density at radius 1 is 1.44 bits per heavy atom. The second-order valence-electron chi connectivity index (χ2n) is 1.70. The fraction of sp³-hybridized carbons (Fsp3) is 0.200. The molecule has 4 heteroatoms. The lowest BCUT2D eigenvalue weighted by Gasteiger charge is -2.13. The van der Waals surface area contributed by atoms with E-state index in [1.54, 1.807) is 0 Å². The van der Waals surface area contributed by atoms with Crippen molar-refractivity contribution in [2.24, 2.45) is 0 Å².